The number of hydrogen-bond donors (Lipinski definition) is 3. The summed E-state index contributed by atoms with van der Waals surface area (Å²) >= 11 is 2.21. The Morgan fingerprint density at radius 3 is 2.52 bits per heavy atom. The minimum absolute atomic E-state index is 0.0142. The number of ether oxygens (including phenoxy) is 1. The minimum Gasteiger partial charge on any atom is -0.507 e. The molecule has 1 aliphatic rings. The Morgan fingerprint density at radius 1 is 1.07 bits per heavy atom. The second kappa shape index (κ2) is 8.03. The quantitative estimate of drug-likeness (QED) is 0.336. The number of hydrogen-bond acceptors (Lipinski definition) is 5. The van der Waals surface area contributed by atoms with Crippen molar-refractivity contribution < 1.29 is 9.84 Å². The number of para-hydroxylation sites is 1. The molecule has 1 heterocycles. The van der Waals surface area contributed by atoms with E-state index in [9.17, 15) is 5.11 Å². The zero-order valence-corrected chi connectivity index (χ0v) is 17.3. The van der Waals surface area contributed by atoms with Gasteiger partial charge in [-0.1, -0.05) is 42.5 Å². The van der Waals surface area contributed by atoms with Gasteiger partial charge in [-0.25, -0.2) is 0 Å². The Balaban J connectivity index is 1.84. The van der Waals surface area contributed by atoms with Crippen molar-refractivity contribution in [1.29, 1.82) is 10.8 Å². The lowest BCUT2D eigenvalue weighted by Crippen LogP contribution is -2.24. The lowest BCUT2D eigenvalue weighted by atomic mass is 9.82. The normalized spacial score (nSPS) is 15.7. The summed E-state index contributed by atoms with van der Waals surface area (Å²) in [6, 6.07) is 20.6. The molecule has 142 valence electrons. The molecule has 3 N–H and O–H groups in total. The molecule has 5 nitrogen and oxygen atoms in total. The van der Waals surface area contributed by atoms with Crippen LogP contribution in [0.25, 0.3) is 0 Å². The Morgan fingerprint density at radius 2 is 1.79 bits per heavy atom. The summed E-state index contributed by atoms with van der Waals surface area (Å²) in [6.45, 7) is 0. The third kappa shape index (κ3) is 3.72. The number of fused-ring (bicyclic) bond motifs is 1. The van der Waals surface area contributed by atoms with Gasteiger partial charge in [0.2, 0.25) is 5.90 Å². The predicted molar refractivity (Wildman–Crippen MR) is 122 cm³/mol. The molecule has 4 rings (SSSR count). The smallest absolute Gasteiger partial charge is 0.225 e. The molecule has 0 fully saturated rings. The van der Waals surface area contributed by atoms with E-state index in [0.717, 1.165) is 20.4 Å². The number of aliphatic imine (C=N–C) groups is 1. The summed E-state index contributed by atoms with van der Waals surface area (Å²) in [5.41, 5.74) is 3.36. The van der Waals surface area contributed by atoms with E-state index in [1.54, 1.807) is 12.3 Å². The highest BCUT2D eigenvalue weighted by atomic mass is 127. The van der Waals surface area contributed by atoms with Crippen molar-refractivity contribution in [2.45, 2.75) is 5.92 Å². The first-order chi connectivity index (χ1) is 14.1. The molecule has 1 atom stereocenters. The first-order valence-electron chi connectivity index (χ1n) is 8.85. The summed E-state index contributed by atoms with van der Waals surface area (Å²) in [5.74, 6) is 2.25. The summed E-state index contributed by atoms with van der Waals surface area (Å²) in [6.07, 6.45) is 1.61. The van der Waals surface area contributed by atoms with E-state index in [1.165, 1.54) is 6.07 Å². The van der Waals surface area contributed by atoms with Gasteiger partial charge >= 0.3 is 0 Å². The number of aromatic hydroxyl groups is 1. The molecule has 3 aromatic rings. The van der Waals surface area contributed by atoms with Gasteiger partial charge in [0.1, 0.15) is 11.5 Å². The van der Waals surface area contributed by atoms with Gasteiger partial charge in [0.05, 0.1) is 17.2 Å². The van der Waals surface area contributed by atoms with Crippen LogP contribution in [0, 0.1) is 14.4 Å². The van der Waals surface area contributed by atoms with Crippen LogP contribution in [0.3, 0.4) is 0 Å². The molecule has 0 saturated carbocycles. The average molecular weight is 493 g/mol. The van der Waals surface area contributed by atoms with Gasteiger partial charge in [-0.2, -0.15) is 0 Å². The summed E-state index contributed by atoms with van der Waals surface area (Å²) in [7, 11) is 0. The molecule has 0 saturated heterocycles. The van der Waals surface area contributed by atoms with E-state index in [-0.39, 0.29) is 17.6 Å². The monoisotopic (exact) mass is 493 g/mol. The van der Waals surface area contributed by atoms with Crippen molar-refractivity contribution in [1.82, 2.24) is 0 Å². The zero-order valence-electron chi connectivity index (χ0n) is 15.2. The van der Waals surface area contributed by atoms with Crippen LogP contribution < -0.4 is 4.74 Å². The SMILES string of the molecule is N=C=C1C(=N)Oc2cc(O)c(C=Nc3ccccc3I)cc2C1c1ccccc1. The van der Waals surface area contributed by atoms with Crippen LogP contribution in [0.4, 0.5) is 5.69 Å². The van der Waals surface area contributed by atoms with Crippen LogP contribution in [-0.4, -0.2) is 23.1 Å². The Kier molecular flexibility index (Phi) is 5.29. The van der Waals surface area contributed by atoms with Crippen LogP contribution in [0.15, 0.2) is 77.3 Å². The average Bonchev–Trinajstić information content (AvgIpc) is 2.73. The highest BCUT2D eigenvalue weighted by Gasteiger charge is 2.32. The predicted octanol–water partition coefficient (Wildman–Crippen LogP) is 5.42. The topological polar surface area (TPSA) is 89.5 Å². The van der Waals surface area contributed by atoms with Gasteiger partial charge in [0.25, 0.3) is 0 Å². The van der Waals surface area contributed by atoms with E-state index >= 15 is 0 Å². The van der Waals surface area contributed by atoms with E-state index in [4.69, 9.17) is 15.6 Å². The van der Waals surface area contributed by atoms with Gasteiger partial charge in [-0.15, -0.1) is 0 Å². The van der Waals surface area contributed by atoms with E-state index in [0.29, 0.717) is 16.9 Å². The fraction of sp³-hybridized carbons (Fsp3) is 0.0435. The van der Waals surface area contributed by atoms with Gasteiger partial charge in [0, 0.05) is 27.0 Å². The van der Waals surface area contributed by atoms with Crippen LogP contribution in [0.2, 0.25) is 0 Å². The molecule has 1 unspecified atom stereocenters. The second-order valence-electron chi connectivity index (χ2n) is 6.47. The van der Waals surface area contributed by atoms with Crippen molar-refractivity contribution in [3.05, 3.63) is 92.6 Å². The van der Waals surface area contributed by atoms with Crippen molar-refractivity contribution in [2.75, 3.05) is 0 Å². The first-order valence-corrected chi connectivity index (χ1v) is 9.93. The molecule has 6 heteroatoms. The molecule has 0 bridgehead atoms. The lowest BCUT2D eigenvalue weighted by molar-refractivity contribution is 0.462. The summed E-state index contributed by atoms with van der Waals surface area (Å²) in [4.78, 5) is 4.50. The number of phenols is 1. The van der Waals surface area contributed by atoms with Crippen LogP contribution in [0.1, 0.15) is 22.6 Å². The number of nitrogens with zero attached hydrogens (tertiary/aromatic N) is 1. The van der Waals surface area contributed by atoms with Crippen LogP contribution in [0.5, 0.6) is 11.5 Å². The van der Waals surface area contributed by atoms with Gasteiger partial charge in [-0.05, 0) is 52.2 Å². The number of phenolic OH excluding ortho intramolecular Hbond substituents is 1. The Bertz CT molecular complexity index is 1180. The van der Waals surface area contributed by atoms with E-state index < -0.39 is 0 Å². The Labute approximate surface area is 181 Å². The maximum absolute atomic E-state index is 10.5. The van der Waals surface area contributed by atoms with Crippen molar-refractivity contribution >= 4 is 46.3 Å². The maximum atomic E-state index is 10.5. The molecule has 3 aromatic carbocycles. The zero-order chi connectivity index (χ0) is 20.4. The largest absolute Gasteiger partial charge is 0.507 e. The molecule has 0 aliphatic carbocycles. The van der Waals surface area contributed by atoms with Crippen molar-refractivity contribution in [2.24, 2.45) is 4.99 Å². The van der Waals surface area contributed by atoms with Crippen LogP contribution in [-0.2, 0) is 0 Å². The standard InChI is InChI=1S/C23H16IN3O2/c24-18-8-4-5-9-19(18)27-13-15-10-16-21(11-20(15)28)29-23(26)17(12-25)22(16)14-6-2-1-3-7-14/h1-11,13,22,25-26,28H. The molecule has 29 heavy (non-hydrogen) atoms. The summed E-state index contributed by atoms with van der Waals surface area (Å²) < 4.78 is 6.57. The Hall–Kier alpha value is -3.22. The number of benzene rings is 3. The fourth-order valence-corrected chi connectivity index (χ4v) is 3.82. The van der Waals surface area contributed by atoms with Crippen molar-refractivity contribution in [3.63, 3.8) is 0 Å². The van der Waals surface area contributed by atoms with Gasteiger partial charge < -0.3 is 9.84 Å². The van der Waals surface area contributed by atoms with Crippen molar-refractivity contribution in [3.8, 4) is 11.5 Å². The van der Waals surface area contributed by atoms with Gasteiger partial charge in [-0.3, -0.25) is 15.8 Å². The first kappa shape index (κ1) is 19.1. The number of rotatable bonds is 3. The second-order valence-corrected chi connectivity index (χ2v) is 7.63. The highest BCUT2D eigenvalue weighted by molar-refractivity contribution is 14.1. The minimum atomic E-state index is -0.380. The molecule has 0 amide bonds. The molecular formula is C23H16IN3O2. The number of halogens is 1. The van der Waals surface area contributed by atoms with Crippen LogP contribution >= 0.6 is 22.6 Å². The van der Waals surface area contributed by atoms with E-state index in [2.05, 4.69) is 33.5 Å². The third-order valence-corrected chi connectivity index (χ3v) is 5.59. The molecule has 0 spiro atoms. The molecular weight excluding hydrogens is 477 g/mol. The summed E-state index contributed by atoms with van der Waals surface area (Å²) in [5, 5.41) is 26.3. The van der Waals surface area contributed by atoms with E-state index in [1.807, 2.05) is 54.6 Å². The molecule has 0 radical (unpaired) electrons. The fourth-order valence-electron chi connectivity index (χ4n) is 3.29. The van der Waals surface area contributed by atoms with Gasteiger partial charge in [0.15, 0.2) is 0 Å². The third-order valence-electron chi connectivity index (χ3n) is 4.68. The highest BCUT2D eigenvalue weighted by Crippen LogP contribution is 2.43. The maximum Gasteiger partial charge on any atom is 0.225 e. The number of nitrogens with one attached hydrogen (secondary N) is 2. The molecule has 1 aliphatic heterocycles. The lowest BCUT2D eigenvalue weighted by Gasteiger charge is -2.28. The molecule has 0 aromatic heterocycles.